The first-order valence-electron chi connectivity index (χ1n) is 8.03. The smallest absolute Gasteiger partial charge is 0.233 e. The molecule has 6 heteroatoms. The molecule has 1 aliphatic heterocycles. The monoisotopic (exact) mass is 375 g/mol. The molecule has 1 aliphatic rings. The zero-order valence-corrected chi connectivity index (χ0v) is 15.9. The van der Waals surface area contributed by atoms with E-state index in [1.807, 2.05) is 17.0 Å². The molecule has 0 bridgehead atoms. The second-order valence-electron chi connectivity index (χ2n) is 5.78. The molecule has 1 fully saturated rings. The Kier molecular flexibility index (Phi) is 5.81. The van der Waals surface area contributed by atoms with Crippen LogP contribution in [0.2, 0.25) is 0 Å². The molecule has 1 amide bonds. The average Bonchev–Trinajstić information content (AvgIpc) is 3.01. The van der Waals surface area contributed by atoms with Gasteiger partial charge in [-0.05, 0) is 48.1 Å². The van der Waals surface area contributed by atoms with E-state index < -0.39 is 0 Å². The highest BCUT2D eigenvalue weighted by molar-refractivity contribution is 8.00. The number of phenolic OH excluding ortho intramolecular Hbond substituents is 1. The Hall–Kier alpha value is -1.79. The molecule has 1 unspecified atom stereocenters. The van der Waals surface area contributed by atoms with Crippen LogP contribution >= 0.6 is 23.5 Å². The highest BCUT2D eigenvalue weighted by atomic mass is 32.2. The molecule has 2 aromatic carbocycles. The van der Waals surface area contributed by atoms with Gasteiger partial charge in [0.05, 0.1) is 12.9 Å². The molecule has 0 aliphatic carbocycles. The third-order valence-corrected chi connectivity index (χ3v) is 6.25. The summed E-state index contributed by atoms with van der Waals surface area (Å²) in [5, 5.41) is 9.77. The van der Waals surface area contributed by atoms with Gasteiger partial charge in [0.25, 0.3) is 0 Å². The molecule has 3 rings (SSSR count). The Morgan fingerprint density at radius 3 is 2.72 bits per heavy atom. The first-order chi connectivity index (χ1) is 12.1. The fraction of sp³-hybridized carbons (Fsp3) is 0.316. The van der Waals surface area contributed by atoms with E-state index in [4.69, 9.17) is 4.74 Å². The molecule has 4 nitrogen and oxygen atoms in total. The van der Waals surface area contributed by atoms with Gasteiger partial charge in [-0.1, -0.05) is 18.2 Å². The molecule has 132 valence electrons. The molecule has 0 radical (unpaired) electrons. The number of hydrogen-bond donors (Lipinski definition) is 1. The number of rotatable bonds is 6. The standard InChI is InChI=1S/C19H21NO3S2/c1-23-17-11-13(3-8-16(17)21)9-10-20-18(22)12-25-19(20)14-4-6-15(24-2)7-5-14/h3-8,11,19,21H,9-10,12H2,1-2H3. The van der Waals surface area contributed by atoms with Crippen LogP contribution in [0.15, 0.2) is 47.4 Å². The number of methoxy groups -OCH3 is 1. The summed E-state index contributed by atoms with van der Waals surface area (Å²) in [4.78, 5) is 15.5. The van der Waals surface area contributed by atoms with Gasteiger partial charge in [-0.25, -0.2) is 0 Å². The van der Waals surface area contributed by atoms with Gasteiger partial charge in [-0.3, -0.25) is 4.79 Å². The minimum atomic E-state index is 0.0717. The minimum Gasteiger partial charge on any atom is -0.504 e. The van der Waals surface area contributed by atoms with E-state index in [1.165, 1.54) is 12.0 Å². The van der Waals surface area contributed by atoms with Gasteiger partial charge in [0, 0.05) is 11.4 Å². The van der Waals surface area contributed by atoms with E-state index in [9.17, 15) is 9.90 Å². The average molecular weight is 376 g/mol. The van der Waals surface area contributed by atoms with E-state index in [-0.39, 0.29) is 17.0 Å². The van der Waals surface area contributed by atoms with Crippen molar-refractivity contribution in [2.45, 2.75) is 16.7 Å². The van der Waals surface area contributed by atoms with Crippen LogP contribution < -0.4 is 4.74 Å². The number of phenols is 1. The van der Waals surface area contributed by atoms with Crippen molar-refractivity contribution >= 4 is 29.4 Å². The lowest BCUT2D eigenvalue weighted by atomic mass is 10.1. The lowest BCUT2D eigenvalue weighted by Gasteiger charge is -2.24. The minimum absolute atomic E-state index is 0.0717. The van der Waals surface area contributed by atoms with E-state index in [0.717, 1.165) is 17.5 Å². The Morgan fingerprint density at radius 1 is 1.28 bits per heavy atom. The maximum absolute atomic E-state index is 12.3. The van der Waals surface area contributed by atoms with Gasteiger partial charge in [0.15, 0.2) is 11.5 Å². The number of carbonyl (C=O) groups is 1. The number of nitrogens with zero attached hydrogens (tertiary/aromatic N) is 1. The van der Waals surface area contributed by atoms with Gasteiger partial charge in [-0.2, -0.15) is 0 Å². The molecule has 0 aromatic heterocycles. The third-order valence-electron chi connectivity index (χ3n) is 4.25. The first kappa shape index (κ1) is 18.0. The fourth-order valence-corrected chi connectivity index (χ4v) is 4.49. The predicted molar refractivity (Wildman–Crippen MR) is 103 cm³/mol. The van der Waals surface area contributed by atoms with Crippen LogP contribution in [0.25, 0.3) is 0 Å². The van der Waals surface area contributed by atoms with Crippen molar-refractivity contribution in [3.05, 3.63) is 53.6 Å². The van der Waals surface area contributed by atoms with Gasteiger partial charge < -0.3 is 14.7 Å². The topological polar surface area (TPSA) is 49.8 Å². The van der Waals surface area contributed by atoms with Crippen molar-refractivity contribution in [1.29, 1.82) is 0 Å². The van der Waals surface area contributed by atoms with Crippen LogP contribution in [0.4, 0.5) is 0 Å². The van der Waals surface area contributed by atoms with Crippen LogP contribution in [0.5, 0.6) is 11.5 Å². The van der Waals surface area contributed by atoms with Crippen molar-refractivity contribution in [3.8, 4) is 11.5 Å². The van der Waals surface area contributed by atoms with Crippen molar-refractivity contribution in [3.63, 3.8) is 0 Å². The van der Waals surface area contributed by atoms with E-state index in [2.05, 4.69) is 30.5 Å². The van der Waals surface area contributed by atoms with Crippen LogP contribution in [0.1, 0.15) is 16.5 Å². The molecule has 1 atom stereocenters. The van der Waals surface area contributed by atoms with Crippen LogP contribution in [0, 0.1) is 0 Å². The summed E-state index contributed by atoms with van der Waals surface area (Å²) in [6.07, 6.45) is 2.78. The Morgan fingerprint density at radius 2 is 2.04 bits per heavy atom. The van der Waals surface area contributed by atoms with Crippen molar-refractivity contribution in [1.82, 2.24) is 4.90 Å². The number of carbonyl (C=O) groups excluding carboxylic acids is 1. The van der Waals surface area contributed by atoms with E-state index in [0.29, 0.717) is 18.0 Å². The molecule has 1 saturated heterocycles. The predicted octanol–water partition coefficient (Wildman–Crippen LogP) is 3.94. The molecule has 25 heavy (non-hydrogen) atoms. The molecular formula is C19H21NO3S2. The van der Waals surface area contributed by atoms with Crippen LogP contribution in [0.3, 0.4) is 0 Å². The zero-order valence-electron chi connectivity index (χ0n) is 14.3. The molecule has 0 saturated carbocycles. The van der Waals surface area contributed by atoms with Gasteiger partial charge in [-0.15, -0.1) is 23.5 Å². The highest BCUT2D eigenvalue weighted by Gasteiger charge is 2.32. The summed E-state index contributed by atoms with van der Waals surface area (Å²) >= 11 is 3.39. The van der Waals surface area contributed by atoms with E-state index in [1.54, 1.807) is 29.6 Å². The summed E-state index contributed by atoms with van der Waals surface area (Å²) in [5.41, 5.74) is 2.20. The SMILES string of the molecule is COc1cc(CCN2C(=O)CSC2c2ccc(SC)cc2)ccc1O. The lowest BCUT2D eigenvalue weighted by molar-refractivity contribution is -0.128. The van der Waals surface area contributed by atoms with Gasteiger partial charge >= 0.3 is 0 Å². The second-order valence-corrected chi connectivity index (χ2v) is 7.73. The number of benzene rings is 2. The van der Waals surface area contributed by atoms with Crippen molar-refractivity contribution in [2.75, 3.05) is 25.7 Å². The van der Waals surface area contributed by atoms with Crippen molar-refractivity contribution in [2.24, 2.45) is 0 Å². The normalized spacial score (nSPS) is 17.1. The highest BCUT2D eigenvalue weighted by Crippen LogP contribution is 2.39. The molecule has 1 heterocycles. The molecule has 2 aromatic rings. The number of aromatic hydroxyl groups is 1. The molecule has 0 spiro atoms. The van der Waals surface area contributed by atoms with Gasteiger partial charge in [0.1, 0.15) is 5.37 Å². The maximum atomic E-state index is 12.3. The van der Waals surface area contributed by atoms with Crippen molar-refractivity contribution < 1.29 is 14.6 Å². The fourth-order valence-electron chi connectivity index (χ4n) is 2.87. The number of hydrogen-bond acceptors (Lipinski definition) is 5. The number of amides is 1. The Labute approximate surface area is 156 Å². The maximum Gasteiger partial charge on any atom is 0.233 e. The zero-order chi connectivity index (χ0) is 17.8. The molecular weight excluding hydrogens is 354 g/mol. The summed E-state index contributed by atoms with van der Waals surface area (Å²) < 4.78 is 5.15. The Balaban J connectivity index is 1.71. The van der Waals surface area contributed by atoms with Gasteiger partial charge in [0.2, 0.25) is 5.91 Å². The van der Waals surface area contributed by atoms with E-state index >= 15 is 0 Å². The third kappa shape index (κ3) is 4.07. The summed E-state index contributed by atoms with van der Waals surface area (Å²) in [7, 11) is 1.54. The van der Waals surface area contributed by atoms with Crippen LogP contribution in [-0.2, 0) is 11.2 Å². The molecule has 1 N–H and O–H groups in total. The largest absolute Gasteiger partial charge is 0.504 e. The number of thioether (sulfide) groups is 2. The van der Waals surface area contributed by atoms with Crippen LogP contribution in [-0.4, -0.2) is 41.6 Å². The summed E-state index contributed by atoms with van der Waals surface area (Å²) in [6, 6.07) is 13.8. The quantitative estimate of drug-likeness (QED) is 0.775. The Bertz CT molecular complexity index is 749. The second kappa shape index (κ2) is 8.06. The summed E-state index contributed by atoms with van der Waals surface area (Å²) in [5.74, 6) is 1.29. The first-order valence-corrected chi connectivity index (χ1v) is 10.3. The lowest BCUT2D eigenvalue weighted by Crippen LogP contribution is -2.30. The summed E-state index contributed by atoms with van der Waals surface area (Å²) in [6.45, 7) is 0.648. The number of ether oxygens (including phenoxy) is 1.